The third-order valence-corrected chi connectivity index (χ3v) is 5.10. The number of aryl methyl sites for hydroxylation is 1. The van der Waals surface area contributed by atoms with Gasteiger partial charge in [-0.1, -0.05) is 6.07 Å². The van der Waals surface area contributed by atoms with Crippen LogP contribution in [0.1, 0.15) is 24.4 Å². The highest BCUT2D eigenvalue weighted by molar-refractivity contribution is 6.04. The zero-order valence-electron chi connectivity index (χ0n) is 14.1. The summed E-state index contributed by atoms with van der Waals surface area (Å²) in [6, 6.07) is 8.55. The van der Waals surface area contributed by atoms with Crippen molar-refractivity contribution in [3.8, 4) is 11.1 Å². The van der Waals surface area contributed by atoms with E-state index in [9.17, 15) is 9.18 Å². The van der Waals surface area contributed by atoms with Gasteiger partial charge in [0.15, 0.2) is 17.5 Å². The minimum Gasteiger partial charge on any atom is -0.443 e. The van der Waals surface area contributed by atoms with Crippen LogP contribution in [-0.2, 0) is 0 Å². The van der Waals surface area contributed by atoms with Gasteiger partial charge in [0, 0.05) is 22.7 Å². The topological polar surface area (TPSA) is 74.1 Å². The number of fused-ring (bicyclic) bond motifs is 3. The maximum atomic E-state index is 14.5. The van der Waals surface area contributed by atoms with E-state index in [1.165, 1.54) is 12.5 Å². The Morgan fingerprint density at radius 1 is 1.23 bits per heavy atom. The van der Waals surface area contributed by atoms with Crippen molar-refractivity contribution in [2.45, 2.75) is 25.8 Å². The van der Waals surface area contributed by atoms with Crippen LogP contribution in [0.3, 0.4) is 0 Å². The van der Waals surface area contributed by atoms with Crippen LogP contribution >= 0.6 is 0 Å². The average molecular weight is 349 g/mol. The molecule has 0 bridgehead atoms. The first-order chi connectivity index (χ1) is 12.6. The Balaban J connectivity index is 1.92. The Bertz CT molecular complexity index is 1250. The van der Waals surface area contributed by atoms with E-state index >= 15 is 0 Å². The summed E-state index contributed by atoms with van der Waals surface area (Å²) in [5.41, 5.74) is 9.55. The molecule has 0 unspecified atom stereocenters. The van der Waals surface area contributed by atoms with Crippen LogP contribution in [-0.4, -0.2) is 9.55 Å². The number of rotatable bonds is 2. The lowest BCUT2D eigenvalue weighted by atomic mass is 9.96. The van der Waals surface area contributed by atoms with Crippen molar-refractivity contribution < 1.29 is 8.81 Å². The SMILES string of the molecule is Cc1c(-c2ccc(N)cc2F)ccc2c3ocnc3c(=O)n(C3CC3)c12. The summed E-state index contributed by atoms with van der Waals surface area (Å²) >= 11 is 0. The smallest absolute Gasteiger partial charge is 0.281 e. The first kappa shape index (κ1) is 15.1. The molecule has 5 nitrogen and oxygen atoms in total. The normalized spacial score (nSPS) is 14.4. The van der Waals surface area contributed by atoms with Gasteiger partial charge in [0.25, 0.3) is 5.56 Å². The van der Waals surface area contributed by atoms with E-state index in [1.807, 2.05) is 19.1 Å². The van der Waals surface area contributed by atoms with Gasteiger partial charge in [0.05, 0.1) is 5.52 Å². The Morgan fingerprint density at radius 2 is 2.00 bits per heavy atom. The fraction of sp³-hybridized carbons (Fsp3) is 0.200. The largest absolute Gasteiger partial charge is 0.443 e. The van der Waals surface area contributed by atoms with Gasteiger partial charge in [0.2, 0.25) is 0 Å². The van der Waals surface area contributed by atoms with Gasteiger partial charge in [-0.3, -0.25) is 4.79 Å². The molecule has 2 N–H and O–H groups in total. The van der Waals surface area contributed by atoms with Crippen LogP contribution in [0.25, 0.3) is 33.1 Å². The number of nitrogens with zero attached hydrogens (tertiary/aromatic N) is 2. The summed E-state index contributed by atoms with van der Waals surface area (Å²) in [5, 5.41) is 0.820. The van der Waals surface area contributed by atoms with Crippen molar-refractivity contribution in [1.29, 1.82) is 0 Å². The molecule has 0 aliphatic heterocycles. The molecule has 0 spiro atoms. The van der Waals surface area contributed by atoms with Crippen LogP contribution < -0.4 is 11.3 Å². The number of anilines is 1. The molecule has 0 atom stereocenters. The summed E-state index contributed by atoms with van der Waals surface area (Å²) in [6.45, 7) is 1.91. The van der Waals surface area contributed by atoms with Crippen molar-refractivity contribution in [3.05, 3.63) is 58.5 Å². The van der Waals surface area contributed by atoms with Crippen LogP contribution in [0.4, 0.5) is 10.1 Å². The van der Waals surface area contributed by atoms with E-state index in [0.717, 1.165) is 34.9 Å². The van der Waals surface area contributed by atoms with Crippen molar-refractivity contribution >= 4 is 27.7 Å². The second-order valence-corrected chi connectivity index (χ2v) is 6.81. The molecular formula is C20H16FN3O2. The van der Waals surface area contributed by atoms with Crippen LogP contribution in [0, 0.1) is 12.7 Å². The van der Waals surface area contributed by atoms with E-state index in [-0.39, 0.29) is 17.4 Å². The van der Waals surface area contributed by atoms with Crippen molar-refractivity contribution in [2.24, 2.45) is 0 Å². The molecule has 2 aromatic heterocycles. The second kappa shape index (κ2) is 5.17. The summed E-state index contributed by atoms with van der Waals surface area (Å²) in [4.78, 5) is 17.0. The van der Waals surface area contributed by atoms with Gasteiger partial charge in [-0.2, -0.15) is 0 Å². The highest BCUT2D eigenvalue weighted by Gasteiger charge is 2.29. The maximum absolute atomic E-state index is 14.5. The Labute approximate surface area is 147 Å². The molecule has 0 saturated heterocycles. The van der Waals surface area contributed by atoms with Gasteiger partial charge in [-0.25, -0.2) is 9.37 Å². The highest BCUT2D eigenvalue weighted by Crippen LogP contribution is 2.40. The molecule has 2 heterocycles. The van der Waals surface area contributed by atoms with E-state index < -0.39 is 0 Å². The fourth-order valence-electron chi connectivity index (χ4n) is 3.72. The van der Waals surface area contributed by atoms with Gasteiger partial charge < -0.3 is 14.7 Å². The number of nitrogens with two attached hydrogens (primary N) is 1. The first-order valence-corrected chi connectivity index (χ1v) is 8.52. The van der Waals surface area contributed by atoms with E-state index in [4.69, 9.17) is 10.2 Å². The Kier molecular flexibility index (Phi) is 3.01. The van der Waals surface area contributed by atoms with Crippen molar-refractivity contribution in [1.82, 2.24) is 9.55 Å². The lowest BCUT2D eigenvalue weighted by molar-refractivity contribution is 0.604. The number of benzene rings is 2. The van der Waals surface area contributed by atoms with Gasteiger partial charge in [-0.05, 0) is 55.2 Å². The third-order valence-electron chi connectivity index (χ3n) is 5.10. The fourth-order valence-corrected chi connectivity index (χ4v) is 3.72. The third kappa shape index (κ3) is 2.02. The number of halogens is 1. The lowest BCUT2D eigenvalue weighted by Gasteiger charge is -2.16. The van der Waals surface area contributed by atoms with E-state index in [0.29, 0.717) is 22.4 Å². The Hall–Kier alpha value is -3.15. The molecule has 1 aliphatic carbocycles. The van der Waals surface area contributed by atoms with Crippen molar-refractivity contribution in [3.63, 3.8) is 0 Å². The summed E-state index contributed by atoms with van der Waals surface area (Å²) in [7, 11) is 0. The minimum absolute atomic E-state index is 0.151. The molecule has 1 saturated carbocycles. The van der Waals surface area contributed by atoms with E-state index in [2.05, 4.69) is 4.98 Å². The highest BCUT2D eigenvalue weighted by atomic mass is 19.1. The van der Waals surface area contributed by atoms with Gasteiger partial charge in [0.1, 0.15) is 5.82 Å². The first-order valence-electron chi connectivity index (χ1n) is 8.52. The second-order valence-electron chi connectivity index (χ2n) is 6.81. The monoisotopic (exact) mass is 349 g/mol. The predicted molar refractivity (Wildman–Crippen MR) is 98.6 cm³/mol. The Morgan fingerprint density at radius 3 is 2.73 bits per heavy atom. The van der Waals surface area contributed by atoms with Crippen LogP contribution in [0.2, 0.25) is 0 Å². The molecule has 2 aromatic carbocycles. The molecule has 0 radical (unpaired) electrons. The summed E-state index contributed by atoms with van der Waals surface area (Å²) in [6.07, 6.45) is 3.21. The zero-order chi connectivity index (χ0) is 18.0. The standard InChI is InChI=1S/C20H16FN3O2/c1-10-13(14-5-2-11(22)8-16(14)21)6-7-15-18(10)24(12-3-4-12)20(25)17-19(15)26-9-23-17/h2,5-9,12H,3-4,22H2,1H3. The number of aromatic nitrogens is 2. The minimum atomic E-state index is -0.381. The number of hydrogen-bond donors (Lipinski definition) is 1. The summed E-state index contributed by atoms with van der Waals surface area (Å²) < 4.78 is 21.8. The van der Waals surface area contributed by atoms with Crippen molar-refractivity contribution in [2.75, 3.05) is 5.73 Å². The molecule has 4 aromatic rings. The van der Waals surface area contributed by atoms with Crippen LogP contribution in [0.15, 0.2) is 45.9 Å². The molecule has 1 aliphatic rings. The quantitative estimate of drug-likeness (QED) is 0.551. The number of pyridine rings is 1. The number of nitrogen functional groups attached to an aromatic ring is 1. The lowest BCUT2D eigenvalue weighted by Crippen LogP contribution is -2.20. The average Bonchev–Trinajstić information content (AvgIpc) is 3.31. The predicted octanol–water partition coefficient (Wildman–Crippen LogP) is 4.17. The zero-order valence-corrected chi connectivity index (χ0v) is 14.1. The number of oxazole rings is 1. The van der Waals surface area contributed by atoms with Crippen LogP contribution in [0.5, 0.6) is 0 Å². The molecule has 26 heavy (non-hydrogen) atoms. The van der Waals surface area contributed by atoms with E-state index in [1.54, 1.807) is 16.7 Å². The maximum Gasteiger partial charge on any atom is 0.281 e. The van der Waals surface area contributed by atoms with Gasteiger partial charge in [-0.15, -0.1) is 0 Å². The van der Waals surface area contributed by atoms with Gasteiger partial charge >= 0.3 is 0 Å². The molecule has 6 heteroatoms. The molecule has 1 fully saturated rings. The molecular weight excluding hydrogens is 333 g/mol. The number of hydrogen-bond acceptors (Lipinski definition) is 4. The molecule has 5 rings (SSSR count). The summed E-state index contributed by atoms with van der Waals surface area (Å²) in [5.74, 6) is -0.381. The molecule has 0 amide bonds. The molecule has 130 valence electrons.